The summed E-state index contributed by atoms with van der Waals surface area (Å²) in [5.74, 6) is 0. The maximum absolute atomic E-state index is 5.09. The highest BCUT2D eigenvalue weighted by molar-refractivity contribution is 6.14. The van der Waals surface area contributed by atoms with Crippen LogP contribution >= 0.6 is 0 Å². The second-order valence-corrected chi connectivity index (χ2v) is 8.87. The fourth-order valence-corrected chi connectivity index (χ4v) is 5.10. The van der Waals surface area contributed by atoms with Crippen LogP contribution in [-0.4, -0.2) is 47.7 Å². The largest absolute Gasteiger partial charge is 0.368 e. The fraction of sp³-hybridized carbons (Fsp3) is 0.346. The molecule has 4 aromatic rings. The van der Waals surface area contributed by atoms with Gasteiger partial charge in [0.1, 0.15) is 5.65 Å². The molecule has 0 spiro atoms. The maximum atomic E-state index is 5.09. The topological polar surface area (TPSA) is 24.3 Å². The first-order chi connectivity index (χ1) is 14.4. The minimum Gasteiger partial charge on any atom is -0.368 e. The number of aromatic nitrogens is 2. The average Bonchev–Trinajstić information content (AvgIpc) is 3.01. The van der Waals surface area contributed by atoms with E-state index in [1.54, 1.807) is 0 Å². The highest BCUT2D eigenvalue weighted by atomic mass is 15.3. The molecule has 0 bridgehead atoms. The van der Waals surface area contributed by atoms with Gasteiger partial charge >= 0.3 is 0 Å². The Kier molecular flexibility index (Phi) is 4.55. The van der Waals surface area contributed by atoms with Crippen LogP contribution in [0.25, 0.3) is 27.6 Å². The van der Waals surface area contributed by atoms with Gasteiger partial charge in [0.25, 0.3) is 0 Å². The minimum atomic E-state index is 1.05. The summed E-state index contributed by atoms with van der Waals surface area (Å²) in [7, 11) is 2.21. The fourth-order valence-electron chi connectivity index (χ4n) is 5.10. The molecule has 2 aromatic carbocycles. The van der Waals surface area contributed by atoms with E-state index in [1.165, 1.54) is 44.4 Å². The summed E-state index contributed by atoms with van der Waals surface area (Å²) in [5.41, 5.74) is 9.84. The van der Waals surface area contributed by atoms with Crippen molar-refractivity contribution in [2.45, 2.75) is 27.7 Å². The number of pyridine rings is 1. The van der Waals surface area contributed by atoms with Gasteiger partial charge in [0.15, 0.2) is 0 Å². The molecular formula is C26H30N4. The van der Waals surface area contributed by atoms with Crippen molar-refractivity contribution in [2.75, 3.05) is 38.1 Å². The molecule has 0 atom stereocenters. The molecule has 0 aliphatic carbocycles. The molecule has 0 unspecified atom stereocenters. The summed E-state index contributed by atoms with van der Waals surface area (Å²) >= 11 is 0. The number of aryl methyl sites for hydroxylation is 4. The summed E-state index contributed by atoms with van der Waals surface area (Å²) in [4.78, 5) is 10.0. The van der Waals surface area contributed by atoms with Crippen LogP contribution in [0.4, 0.5) is 5.69 Å². The van der Waals surface area contributed by atoms with Crippen LogP contribution in [0, 0.1) is 27.7 Å². The Morgan fingerprint density at radius 1 is 0.833 bits per heavy atom. The minimum absolute atomic E-state index is 1.05. The van der Waals surface area contributed by atoms with Gasteiger partial charge in [-0.3, -0.25) is 4.57 Å². The van der Waals surface area contributed by atoms with Gasteiger partial charge in [0, 0.05) is 37.3 Å². The molecule has 1 saturated heterocycles. The number of hydrogen-bond acceptors (Lipinski definition) is 3. The van der Waals surface area contributed by atoms with Crippen LogP contribution in [0.3, 0.4) is 0 Å². The van der Waals surface area contributed by atoms with Crippen LogP contribution in [0.1, 0.15) is 22.4 Å². The highest BCUT2D eigenvalue weighted by Crippen LogP contribution is 2.39. The second-order valence-electron chi connectivity index (χ2n) is 8.87. The predicted octanol–water partition coefficient (Wildman–Crippen LogP) is 5.16. The Hall–Kier alpha value is -2.85. The van der Waals surface area contributed by atoms with Gasteiger partial charge in [-0.2, -0.15) is 0 Å². The lowest BCUT2D eigenvalue weighted by Gasteiger charge is -2.34. The molecule has 2 aromatic heterocycles. The SMILES string of the molecule is Cc1cc(C)c(-n2c3ccccc3c3c(N4CCN(C)CC4)cc(C)nc32)c(C)c1. The van der Waals surface area contributed by atoms with E-state index < -0.39 is 0 Å². The molecule has 0 N–H and O–H groups in total. The quantitative estimate of drug-likeness (QED) is 0.466. The van der Waals surface area contributed by atoms with Gasteiger partial charge in [-0.05, 0) is 58.0 Å². The number of para-hydroxylation sites is 1. The van der Waals surface area contributed by atoms with Crippen molar-refractivity contribution in [2.24, 2.45) is 0 Å². The predicted molar refractivity (Wildman–Crippen MR) is 127 cm³/mol. The molecule has 5 rings (SSSR count). The second kappa shape index (κ2) is 7.13. The third-order valence-corrected chi connectivity index (χ3v) is 6.44. The Bertz CT molecular complexity index is 1240. The molecule has 30 heavy (non-hydrogen) atoms. The molecule has 4 heteroatoms. The molecule has 0 amide bonds. The molecule has 4 nitrogen and oxygen atoms in total. The molecule has 1 aliphatic rings. The number of fused-ring (bicyclic) bond motifs is 3. The van der Waals surface area contributed by atoms with Crippen molar-refractivity contribution in [3.63, 3.8) is 0 Å². The van der Waals surface area contributed by atoms with Gasteiger partial charge in [-0.25, -0.2) is 4.98 Å². The molecule has 154 valence electrons. The van der Waals surface area contributed by atoms with Gasteiger partial charge in [0.2, 0.25) is 0 Å². The third-order valence-electron chi connectivity index (χ3n) is 6.44. The Labute approximate surface area is 178 Å². The van der Waals surface area contributed by atoms with Crippen molar-refractivity contribution in [3.05, 3.63) is 64.8 Å². The Morgan fingerprint density at radius 3 is 2.20 bits per heavy atom. The molecule has 3 heterocycles. The third kappa shape index (κ3) is 2.98. The van der Waals surface area contributed by atoms with Gasteiger partial charge in [-0.1, -0.05) is 35.9 Å². The number of hydrogen-bond donors (Lipinski definition) is 0. The van der Waals surface area contributed by atoms with E-state index in [-0.39, 0.29) is 0 Å². The average molecular weight is 399 g/mol. The smallest absolute Gasteiger partial charge is 0.147 e. The number of piperazine rings is 1. The summed E-state index contributed by atoms with van der Waals surface area (Å²) in [6, 6.07) is 15.6. The van der Waals surface area contributed by atoms with Crippen molar-refractivity contribution in [1.82, 2.24) is 14.5 Å². The summed E-state index contributed by atoms with van der Waals surface area (Å²) in [6.07, 6.45) is 0. The summed E-state index contributed by atoms with van der Waals surface area (Å²) in [5, 5.41) is 2.56. The summed E-state index contributed by atoms with van der Waals surface area (Å²) < 4.78 is 2.39. The van der Waals surface area contributed by atoms with Gasteiger partial charge in [-0.15, -0.1) is 0 Å². The van der Waals surface area contributed by atoms with E-state index in [1.807, 2.05) is 0 Å². The van der Waals surface area contributed by atoms with Gasteiger partial charge in [0.05, 0.1) is 22.3 Å². The van der Waals surface area contributed by atoms with Crippen molar-refractivity contribution >= 4 is 27.6 Å². The van der Waals surface area contributed by atoms with Crippen molar-refractivity contribution in [3.8, 4) is 5.69 Å². The van der Waals surface area contributed by atoms with E-state index >= 15 is 0 Å². The van der Waals surface area contributed by atoms with E-state index in [0.717, 1.165) is 37.5 Å². The molecule has 1 aliphatic heterocycles. The number of anilines is 1. The summed E-state index contributed by atoms with van der Waals surface area (Å²) in [6.45, 7) is 13.0. The van der Waals surface area contributed by atoms with Crippen LogP contribution in [0.2, 0.25) is 0 Å². The zero-order valence-corrected chi connectivity index (χ0v) is 18.7. The lowest BCUT2D eigenvalue weighted by molar-refractivity contribution is 0.313. The van der Waals surface area contributed by atoms with Crippen LogP contribution in [0.5, 0.6) is 0 Å². The number of nitrogens with zero attached hydrogens (tertiary/aromatic N) is 4. The van der Waals surface area contributed by atoms with Crippen molar-refractivity contribution < 1.29 is 0 Å². The first-order valence-electron chi connectivity index (χ1n) is 10.9. The van der Waals surface area contributed by atoms with E-state index in [4.69, 9.17) is 4.98 Å². The lowest BCUT2D eigenvalue weighted by Crippen LogP contribution is -2.44. The molecule has 0 radical (unpaired) electrons. The molecule has 0 saturated carbocycles. The zero-order chi connectivity index (χ0) is 21.0. The Balaban J connectivity index is 1.87. The monoisotopic (exact) mass is 398 g/mol. The van der Waals surface area contributed by atoms with Crippen LogP contribution < -0.4 is 4.90 Å². The van der Waals surface area contributed by atoms with Crippen LogP contribution in [0.15, 0.2) is 42.5 Å². The lowest BCUT2D eigenvalue weighted by atomic mass is 10.0. The highest BCUT2D eigenvalue weighted by Gasteiger charge is 2.23. The van der Waals surface area contributed by atoms with Crippen molar-refractivity contribution in [1.29, 1.82) is 0 Å². The first kappa shape index (κ1) is 19.1. The number of likely N-dealkylation sites (N-methyl/N-ethyl adjacent to an activating group) is 1. The Morgan fingerprint density at radius 2 is 1.50 bits per heavy atom. The number of benzene rings is 2. The standard InChI is InChI=1S/C26H30N4/c1-17-14-18(2)25(19(3)15-17)30-22-9-7-6-8-21(22)24-23(16-20(4)27-26(24)30)29-12-10-28(5)11-13-29/h6-9,14-16H,10-13H2,1-5H3. The van der Waals surface area contributed by atoms with E-state index in [0.29, 0.717) is 0 Å². The van der Waals surface area contributed by atoms with E-state index in [2.05, 4.69) is 91.6 Å². The normalized spacial score (nSPS) is 15.4. The maximum Gasteiger partial charge on any atom is 0.147 e. The zero-order valence-electron chi connectivity index (χ0n) is 18.7. The first-order valence-corrected chi connectivity index (χ1v) is 10.9. The van der Waals surface area contributed by atoms with Gasteiger partial charge < -0.3 is 9.80 Å². The molecular weight excluding hydrogens is 368 g/mol. The molecule has 1 fully saturated rings. The van der Waals surface area contributed by atoms with Crippen LogP contribution in [-0.2, 0) is 0 Å². The van der Waals surface area contributed by atoms with E-state index in [9.17, 15) is 0 Å². The number of rotatable bonds is 2.